The molecule has 2 aromatic rings. The van der Waals surface area contributed by atoms with Crippen molar-refractivity contribution >= 4 is 23.6 Å². The first-order chi connectivity index (χ1) is 14.6. The highest BCUT2D eigenvalue weighted by molar-refractivity contribution is 7.99. The number of rotatable bonds is 8. The zero-order valence-corrected chi connectivity index (χ0v) is 18.2. The number of hydrogen-bond acceptors (Lipinski definition) is 5. The zero-order chi connectivity index (χ0) is 20.9. The van der Waals surface area contributed by atoms with Crippen LogP contribution in [0.5, 0.6) is 0 Å². The van der Waals surface area contributed by atoms with Crippen molar-refractivity contribution in [1.29, 1.82) is 0 Å². The predicted octanol–water partition coefficient (Wildman–Crippen LogP) is 3.14. The van der Waals surface area contributed by atoms with Crippen molar-refractivity contribution in [3.8, 4) is 5.69 Å². The fraction of sp³-hybridized carbons (Fsp3) is 0.545. The molecule has 0 unspecified atom stereocenters. The van der Waals surface area contributed by atoms with Crippen molar-refractivity contribution < 1.29 is 9.59 Å². The number of carbonyl (C=O) groups excluding carboxylic acids is 2. The SMILES string of the molecule is CN(CC(=O)NC1CC1)C(=O)CSc1nc(C2CCCCC2)n(-c2ccccc2)n1. The van der Waals surface area contributed by atoms with Crippen LogP contribution in [0.2, 0.25) is 0 Å². The molecule has 1 aromatic carbocycles. The normalized spacial score (nSPS) is 17.0. The van der Waals surface area contributed by atoms with Gasteiger partial charge in [-0.3, -0.25) is 9.59 Å². The average molecular weight is 428 g/mol. The van der Waals surface area contributed by atoms with Gasteiger partial charge in [0.25, 0.3) is 0 Å². The molecule has 7 nitrogen and oxygen atoms in total. The largest absolute Gasteiger partial charge is 0.352 e. The molecule has 2 amide bonds. The topological polar surface area (TPSA) is 80.1 Å². The number of para-hydroxylation sites is 1. The number of benzene rings is 1. The van der Waals surface area contributed by atoms with Crippen LogP contribution in [0.1, 0.15) is 56.7 Å². The number of nitrogens with one attached hydrogen (secondary N) is 1. The quantitative estimate of drug-likeness (QED) is 0.655. The summed E-state index contributed by atoms with van der Waals surface area (Å²) in [6, 6.07) is 10.4. The molecule has 4 rings (SSSR count). The smallest absolute Gasteiger partial charge is 0.239 e. The molecular formula is C22H29N5O2S. The lowest BCUT2D eigenvalue weighted by Gasteiger charge is -2.21. The Morgan fingerprint density at radius 2 is 1.87 bits per heavy atom. The maximum Gasteiger partial charge on any atom is 0.239 e. The highest BCUT2D eigenvalue weighted by atomic mass is 32.2. The molecule has 160 valence electrons. The van der Waals surface area contributed by atoms with E-state index >= 15 is 0 Å². The third kappa shape index (κ3) is 5.41. The van der Waals surface area contributed by atoms with E-state index in [9.17, 15) is 9.59 Å². The third-order valence-corrected chi connectivity index (χ3v) is 6.48. The van der Waals surface area contributed by atoms with Crippen molar-refractivity contribution in [2.75, 3.05) is 19.3 Å². The molecule has 0 spiro atoms. The molecule has 1 N–H and O–H groups in total. The van der Waals surface area contributed by atoms with Crippen LogP contribution in [-0.2, 0) is 9.59 Å². The van der Waals surface area contributed by atoms with Crippen LogP contribution in [0.3, 0.4) is 0 Å². The predicted molar refractivity (Wildman–Crippen MR) is 117 cm³/mol. The molecule has 0 bridgehead atoms. The summed E-state index contributed by atoms with van der Waals surface area (Å²) in [7, 11) is 1.67. The molecular weight excluding hydrogens is 398 g/mol. The Morgan fingerprint density at radius 1 is 1.13 bits per heavy atom. The fourth-order valence-corrected chi connectivity index (χ4v) is 4.56. The molecule has 1 heterocycles. The minimum Gasteiger partial charge on any atom is -0.352 e. The number of thioether (sulfide) groups is 1. The fourth-order valence-electron chi connectivity index (χ4n) is 3.79. The van der Waals surface area contributed by atoms with E-state index in [1.165, 1.54) is 35.9 Å². The van der Waals surface area contributed by atoms with Gasteiger partial charge in [-0.25, -0.2) is 9.67 Å². The van der Waals surface area contributed by atoms with E-state index in [4.69, 9.17) is 10.1 Å². The van der Waals surface area contributed by atoms with E-state index in [0.29, 0.717) is 17.1 Å². The van der Waals surface area contributed by atoms with Crippen LogP contribution in [0, 0.1) is 0 Å². The van der Waals surface area contributed by atoms with Gasteiger partial charge < -0.3 is 10.2 Å². The van der Waals surface area contributed by atoms with Crippen LogP contribution < -0.4 is 5.32 Å². The average Bonchev–Trinajstić information content (AvgIpc) is 3.47. The first kappa shape index (κ1) is 20.9. The lowest BCUT2D eigenvalue weighted by atomic mass is 9.88. The van der Waals surface area contributed by atoms with Crippen molar-refractivity contribution in [1.82, 2.24) is 25.0 Å². The molecule has 0 radical (unpaired) electrons. The Hall–Kier alpha value is -2.35. The minimum absolute atomic E-state index is 0.0924. The van der Waals surface area contributed by atoms with Gasteiger partial charge in [-0.15, -0.1) is 5.10 Å². The molecule has 2 saturated carbocycles. The van der Waals surface area contributed by atoms with Crippen LogP contribution in [0.4, 0.5) is 0 Å². The summed E-state index contributed by atoms with van der Waals surface area (Å²) in [6.07, 6.45) is 8.08. The number of amides is 2. The van der Waals surface area contributed by atoms with Crippen molar-refractivity contribution in [3.63, 3.8) is 0 Å². The zero-order valence-electron chi connectivity index (χ0n) is 17.4. The van der Waals surface area contributed by atoms with Gasteiger partial charge in [0.15, 0.2) is 0 Å². The maximum atomic E-state index is 12.5. The molecule has 1 aromatic heterocycles. The summed E-state index contributed by atoms with van der Waals surface area (Å²) in [6.45, 7) is 0.0924. The molecule has 30 heavy (non-hydrogen) atoms. The summed E-state index contributed by atoms with van der Waals surface area (Å²) in [4.78, 5) is 30.7. The van der Waals surface area contributed by atoms with Crippen LogP contribution >= 0.6 is 11.8 Å². The number of likely N-dealkylation sites (N-methyl/N-ethyl adjacent to an activating group) is 1. The second-order valence-corrected chi connectivity index (χ2v) is 9.16. The molecule has 0 saturated heterocycles. The van der Waals surface area contributed by atoms with Gasteiger partial charge in [0.05, 0.1) is 18.0 Å². The molecule has 2 aliphatic carbocycles. The lowest BCUT2D eigenvalue weighted by molar-refractivity contribution is -0.132. The van der Waals surface area contributed by atoms with Crippen molar-refractivity contribution in [3.05, 3.63) is 36.2 Å². The van der Waals surface area contributed by atoms with E-state index in [1.54, 1.807) is 7.05 Å². The van der Waals surface area contributed by atoms with Crippen LogP contribution in [-0.4, -0.2) is 56.9 Å². The summed E-state index contributed by atoms with van der Waals surface area (Å²) < 4.78 is 1.94. The monoisotopic (exact) mass is 427 g/mol. The van der Waals surface area contributed by atoms with Crippen molar-refractivity contribution in [2.24, 2.45) is 0 Å². The Morgan fingerprint density at radius 3 is 2.57 bits per heavy atom. The van der Waals surface area contributed by atoms with Gasteiger partial charge in [-0.05, 0) is 37.8 Å². The number of nitrogens with zero attached hydrogens (tertiary/aromatic N) is 4. The summed E-state index contributed by atoms with van der Waals surface area (Å²) >= 11 is 1.34. The Balaban J connectivity index is 1.41. The molecule has 0 aliphatic heterocycles. The Bertz CT molecular complexity index is 875. The van der Waals surface area contributed by atoms with Gasteiger partial charge in [-0.1, -0.05) is 49.2 Å². The number of hydrogen-bond donors (Lipinski definition) is 1. The van der Waals surface area contributed by atoms with Gasteiger partial charge in [0, 0.05) is 19.0 Å². The molecule has 8 heteroatoms. The van der Waals surface area contributed by atoms with Crippen LogP contribution in [0.25, 0.3) is 5.69 Å². The minimum atomic E-state index is -0.0961. The second-order valence-electron chi connectivity index (χ2n) is 8.22. The molecule has 2 fully saturated rings. The van der Waals surface area contributed by atoms with Crippen LogP contribution in [0.15, 0.2) is 35.5 Å². The summed E-state index contributed by atoms with van der Waals surface area (Å²) in [5, 5.41) is 8.24. The number of carbonyl (C=O) groups is 2. The standard InChI is InChI=1S/C22H29N5O2S/c1-26(14-19(28)23-17-12-13-17)20(29)15-30-22-24-21(16-8-4-2-5-9-16)27(25-22)18-10-6-3-7-11-18/h3,6-7,10-11,16-17H,2,4-5,8-9,12-15H2,1H3,(H,23,28). The maximum absolute atomic E-state index is 12.5. The Kier molecular flexibility index (Phi) is 6.72. The van der Waals surface area contributed by atoms with Crippen molar-refractivity contribution in [2.45, 2.75) is 62.1 Å². The van der Waals surface area contributed by atoms with E-state index in [0.717, 1.165) is 37.2 Å². The van der Waals surface area contributed by atoms with E-state index < -0.39 is 0 Å². The highest BCUT2D eigenvalue weighted by Crippen LogP contribution is 2.33. The third-order valence-electron chi connectivity index (χ3n) is 5.66. The van der Waals surface area contributed by atoms with E-state index in [1.807, 2.05) is 35.0 Å². The van der Waals surface area contributed by atoms with Gasteiger partial charge in [0.2, 0.25) is 17.0 Å². The second kappa shape index (κ2) is 9.64. The summed E-state index contributed by atoms with van der Waals surface area (Å²) in [5.41, 5.74) is 0.998. The highest BCUT2D eigenvalue weighted by Gasteiger charge is 2.25. The Labute approximate surface area is 181 Å². The number of aromatic nitrogens is 3. The first-order valence-corrected chi connectivity index (χ1v) is 11.8. The molecule has 2 aliphatic rings. The lowest BCUT2D eigenvalue weighted by Crippen LogP contribution is -2.39. The summed E-state index contributed by atoms with van der Waals surface area (Å²) in [5.74, 6) is 1.43. The first-order valence-electron chi connectivity index (χ1n) is 10.8. The van der Waals surface area contributed by atoms with Gasteiger partial charge in [0.1, 0.15) is 5.82 Å². The van der Waals surface area contributed by atoms with E-state index in [-0.39, 0.29) is 24.1 Å². The van der Waals surface area contributed by atoms with E-state index in [2.05, 4.69) is 5.32 Å². The van der Waals surface area contributed by atoms with Gasteiger partial charge >= 0.3 is 0 Å². The molecule has 0 atom stereocenters. The van der Waals surface area contributed by atoms with Gasteiger partial charge in [-0.2, -0.15) is 0 Å².